The van der Waals surface area contributed by atoms with Crippen LogP contribution in [0.25, 0.3) is 0 Å². The van der Waals surface area contributed by atoms with Gasteiger partial charge >= 0.3 is 6.61 Å². The lowest BCUT2D eigenvalue weighted by atomic mass is 10.1. The first-order valence-corrected chi connectivity index (χ1v) is 8.20. The average molecular weight is 322 g/mol. The van der Waals surface area contributed by atoms with E-state index in [0.717, 1.165) is 11.8 Å². The van der Waals surface area contributed by atoms with Crippen LogP contribution < -0.4 is 14.8 Å². The second-order valence-electron chi connectivity index (χ2n) is 5.38. The van der Waals surface area contributed by atoms with Crippen LogP contribution in [-0.4, -0.2) is 33.4 Å². The Hall–Kier alpha value is -1.25. The molecule has 0 atom stereocenters. The van der Waals surface area contributed by atoms with Crippen molar-refractivity contribution in [3.63, 3.8) is 0 Å². The van der Waals surface area contributed by atoms with Gasteiger partial charge in [0.1, 0.15) is 5.75 Å². The molecule has 8 heteroatoms. The third-order valence-corrected chi connectivity index (χ3v) is 3.43. The Kier molecular flexibility index (Phi) is 6.06. The highest BCUT2D eigenvalue weighted by Gasteiger charge is 2.21. The minimum atomic E-state index is -3.27. The lowest BCUT2D eigenvalue weighted by molar-refractivity contribution is -0.0498. The molecule has 0 unspecified atom stereocenters. The van der Waals surface area contributed by atoms with Gasteiger partial charge in [-0.15, -0.1) is 0 Å². The van der Waals surface area contributed by atoms with E-state index in [2.05, 4.69) is 14.8 Å². The quantitative estimate of drug-likeness (QED) is 0.764. The Morgan fingerprint density at radius 1 is 1.24 bits per heavy atom. The van der Waals surface area contributed by atoms with Crippen molar-refractivity contribution in [1.82, 2.24) is 10.0 Å². The van der Waals surface area contributed by atoms with E-state index in [1.165, 1.54) is 12.1 Å². The summed E-state index contributed by atoms with van der Waals surface area (Å²) in [5, 5.41) is 3.11. The van der Waals surface area contributed by atoms with Gasteiger partial charge in [-0.3, -0.25) is 0 Å². The lowest BCUT2D eigenvalue weighted by Gasteiger charge is -2.25. The fourth-order valence-electron chi connectivity index (χ4n) is 1.85. The summed E-state index contributed by atoms with van der Waals surface area (Å²) in [6.07, 6.45) is 1.11. The lowest BCUT2D eigenvalue weighted by Crippen LogP contribution is -2.49. The fraction of sp³-hybridized carbons (Fsp3) is 0.538. The van der Waals surface area contributed by atoms with Gasteiger partial charge < -0.3 is 10.1 Å². The van der Waals surface area contributed by atoms with Crippen LogP contribution in [0.2, 0.25) is 0 Å². The Morgan fingerprint density at radius 2 is 1.81 bits per heavy atom. The van der Waals surface area contributed by atoms with Crippen molar-refractivity contribution >= 4 is 10.0 Å². The van der Waals surface area contributed by atoms with Crippen molar-refractivity contribution in [2.45, 2.75) is 32.5 Å². The predicted octanol–water partition coefficient (Wildman–Crippen LogP) is 1.71. The van der Waals surface area contributed by atoms with Crippen molar-refractivity contribution in [2.75, 3.05) is 12.8 Å². The van der Waals surface area contributed by atoms with Crippen LogP contribution in [0.5, 0.6) is 5.75 Å². The molecule has 21 heavy (non-hydrogen) atoms. The molecule has 0 aliphatic rings. The maximum absolute atomic E-state index is 12.0. The summed E-state index contributed by atoms with van der Waals surface area (Å²) in [5.41, 5.74) is 0.263. The van der Waals surface area contributed by atoms with Crippen LogP contribution >= 0.6 is 0 Å². The van der Waals surface area contributed by atoms with Crippen LogP contribution in [0.4, 0.5) is 8.78 Å². The van der Waals surface area contributed by atoms with E-state index >= 15 is 0 Å². The molecule has 1 aromatic carbocycles. The molecule has 0 aromatic heterocycles. The van der Waals surface area contributed by atoms with Gasteiger partial charge in [-0.1, -0.05) is 12.1 Å². The van der Waals surface area contributed by atoms with E-state index in [1.807, 2.05) is 0 Å². The third-order valence-electron chi connectivity index (χ3n) is 2.51. The highest BCUT2D eigenvalue weighted by atomic mass is 32.2. The predicted molar refractivity (Wildman–Crippen MR) is 76.8 cm³/mol. The van der Waals surface area contributed by atoms with E-state index in [9.17, 15) is 17.2 Å². The van der Waals surface area contributed by atoms with Crippen LogP contribution in [-0.2, 0) is 16.6 Å². The summed E-state index contributed by atoms with van der Waals surface area (Å²) < 4.78 is 53.2. The molecule has 0 radical (unpaired) electrons. The molecule has 2 N–H and O–H groups in total. The zero-order chi connectivity index (χ0) is 16.1. The molecule has 1 aromatic rings. The van der Waals surface area contributed by atoms with Gasteiger partial charge in [0, 0.05) is 18.6 Å². The molecule has 0 bridgehead atoms. The molecule has 0 aliphatic carbocycles. The summed E-state index contributed by atoms with van der Waals surface area (Å²) in [4.78, 5) is 0. The van der Waals surface area contributed by atoms with Crippen LogP contribution in [0.3, 0.4) is 0 Å². The second-order valence-corrected chi connectivity index (χ2v) is 7.13. The molecule has 0 aliphatic heterocycles. The van der Waals surface area contributed by atoms with E-state index in [1.54, 1.807) is 26.0 Å². The smallest absolute Gasteiger partial charge is 0.387 e. The van der Waals surface area contributed by atoms with Crippen LogP contribution in [0.1, 0.15) is 19.4 Å². The molecule has 0 saturated carbocycles. The first-order chi connectivity index (χ1) is 9.57. The minimum Gasteiger partial charge on any atom is -0.435 e. The monoisotopic (exact) mass is 322 g/mol. The average Bonchev–Trinajstić information content (AvgIpc) is 2.27. The molecule has 0 saturated heterocycles. The number of sulfonamides is 1. The number of hydrogen-bond acceptors (Lipinski definition) is 4. The molecule has 0 amide bonds. The van der Waals surface area contributed by atoms with E-state index < -0.39 is 22.2 Å². The highest BCUT2D eigenvalue weighted by molar-refractivity contribution is 7.88. The first-order valence-electron chi connectivity index (χ1n) is 6.31. The van der Waals surface area contributed by atoms with E-state index in [0.29, 0.717) is 13.1 Å². The molecule has 0 heterocycles. The van der Waals surface area contributed by atoms with Crippen LogP contribution in [0, 0.1) is 0 Å². The van der Waals surface area contributed by atoms with E-state index in [4.69, 9.17) is 0 Å². The molecule has 120 valence electrons. The third kappa shape index (κ3) is 7.93. The molecule has 0 fully saturated rings. The van der Waals surface area contributed by atoms with Gasteiger partial charge in [0.15, 0.2) is 0 Å². The maximum Gasteiger partial charge on any atom is 0.387 e. The fourth-order valence-corrected chi connectivity index (χ4v) is 2.92. The summed E-state index contributed by atoms with van der Waals surface area (Å²) in [6.45, 7) is 1.61. The SMILES string of the molecule is CC(C)(CNCc1ccc(OC(F)F)cc1)NS(C)(=O)=O. The standard InChI is InChI=1S/C13H20F2N2O3S/c1-13(2,17-21(3,18)19)9-16-8-10-4-6-11(7-5-10)20-12(14)15/h4-7,12,16-17H,8-9H2,1-3H3. The highest BCUT2D eigenvalue weighted by Crippen LogP contribution is 2.14. The Morgan fingerprint density at radius 3 is 2.29 bits per heavy atom. The second kappa shape index (κ2) is 7.15. The summed E-state index contributed by atoms with van der Waals surface area (Å²) in [7, 11) is -3.27. The van der Waals surface area contributed by atoms with Crippen LogP contribution in [0.15, 0.2) is 24.3 Å². The largest absolute Gasteiger partial charge is 0.435 e. The molecular formula is C13H20F2N2O3S. The van der Waals surface area contributed by atoms with E-state index in [-0.39, 0.29) is 5.75 Å². The number of alkyl halides is 2. The first kappa shape index (κ1) is 17.8. The zero-order valence-electron chi connectivity index (χ0n) is 12.2. The zero-order valence-corrected chi connectivity index (χ0v) is 13.0. The molecule has 0 spiro atoms. The van der Waals surface area contributed by atoms with Gasteiger partial charge in [0.25, 0.3) is 0 Å². The number of halogens is 2. The van der Waals surface area contributed by atoms with Crippen molar-refractivity contribution < 1.29 is 21.9 Å². The van der Waals surface area contributed by atoms with Crippen molar-refractivity contribution in [2.24, 2.45) is 0 Å². The Balaban J connectivity index is 2.45. The maximum atomic E-state index is 12.0. The number of rotatable bonds is 8. The Bertz CT molecular complexity index is 545. The normalized spacial score (nSPS) is 12.7. The number of benzene rings is 1. The van der Waals surface area contributed by atoms with Gasteiger partial charge in [-0.05, 0) is 31.5 Å². The number of ether oxygens (including phenoxy) is 1. The van der Waals surface area contributed by atoms with Gasteiger partial charge in [0.05, 0.1) is 6.26 Å². The van der Waals surface area contributed by atoms with Gasteiger partial charge in [-0.2, -0.15) is 8.78 Å². The van der Waals surface area contributed by atoms with Crippen molar-refractivity contribution in [3.8, 4) is 5.75 Å². The van der Waals surface area contributed by atoms with Crippen molar-refractivity contribution in [3.05, 3.63) is 29.8 Å². The molecule has 1 rings (SSSR count). The number of nitrogens with one attached hydrogen (secondary N) is 2. The van der Waals surface area contributed by atoms with Crippen molar-refractivity contribution in [1.29, 1.82) is 0 Å². The molecule has 5 nitrogen and oxygen atoms in total. The Labute approximate surface area is 123 Å². The summed E-state index contributed by atoms with van der Waals surface area (Å²) >= 11 is 0. The van der Waals surface area contributed by atoms with Gasteiger partial charge in [-0.25, -0.2) is 13.1 Å². The minimum absolute atomic E-state index is 0.104. The summed E-state index contributed by atoms with van der Waals surface area (Å²) in [6, 6.07) is 6.26. The molecular weight excluding hydrogens is 302 g/mol. The topological polar surface area (TPSA) is 67.4 Å². The number of hydrogen-bond donors (Lipinski definition) is 2. The summed E-state index contributed by atoms with van der Waals surface area (Å²) in [5.74, 6) is 0.104. The van der Waals surface area contributed by atoms with Gasteiger partial charge in [0.2, 0.25) is 10.0 Å².